The molecule has 1 heterocycles. The number of hydrogen-bond acceptors (Lipinski definition) is 6. The highest BCUT2D eigenvalue weighted by atomic mass is 16.6. The molecule has 2 aromatic carbocycles. The largest absolute Gasteiger partial charge is 0.490 e. The molecule has 7 nitrogen and oxygen atoms in total. The number of nitriles is 1. The van der Waals surface area contributed by atoms with Crippen LogP contribution in [0.5, 0.6) is 5.75 Å². The van der Waals surface area contributed by atoms with Crippen LogP contribution in [0.1, 0.15) is 54.5 Å². The molecule has 1 atom stereocenters. The zero-order valence-electron chi connectivity index (χ0n) is 21.4. The number of rotatable bonds is 9. The zero-order valence-corrected chi connectivity index (χ0v) is 21.4. The Morgan fingerprint density at radius 3 is 2.83 bits per heavy atom. The van der Waals surface area contributed by atoms with Gasteiger partial charge in [0.05, 0.1) is 18.3 Å². The number of ether oxygens (including phenoxy) is 2. The van der Waals surface area contributed by atoms with Crippen molar-refractivity contribution in [1.82, 2.24) is 4.90 Å². The van der Waals surface area contributed by atoms with E-state index in [1.807, 2.05) is 26.0 Å². The van der Waals surface area contributed by atoms with E-state index in [9.17, 15) is 5.26 Å². The SMILES string of the molecule is C=N/C(=N\OCc1ccc(OC(C)C)c(C#N)c1)c1cccc2c1CCC21CC(=C)N(CCOC)C1. The van der Waals surface area contributed by atoms with Crippen molar-refractivity contribution in [1.29, 1.82) is 5.26 Å². The van der Waals surface area contributed by atoms with E-state index in [1.54, 1.807) is 19.2 Å². The van der Waals surface area contributed by atoms with Crippen molar-refractivity contribution in [3.05, 3.63) is 76.5 Å². The highest BCUT2D eigenvalue weighted by Gasteiger charge is 2.46. The van der Waals surface area contributed by atoms with E-state index in [4.69, 9.17) is 14.3 Å². The van der Waals surface area contributed by atoms with Crippen LogP contribution in [-0.2, 0) is 28.0 Å². The summed E-state index contributed by atoms with van der Waals surface area (Å²) in [6, 6.07) is 13.9. The van der Waals surface area contributed by atoms with Gasteiger partial charge in [0, 0.05) is 36.9 Å². The highest BCUT2D eigenvalue weighted by molar-refractivity contribution is 6.02. The van der Waals surface area contributed by atoms with Gasteiger partial charge in [0.1, 0.15) is 18.4 Å². The predicted octanol–water partition coefficient (Wildman–Crippen LogP) is 4.97. The third-order valence-corrected chi connectivity index (χ3v) is 6.95. The van der Waals surface area contributed by atoms with Crippen molar-refractivity contribution in [3.63, 3.8) is 0 Å². The van der Waals surface area contributed by atoms with E-state index in [2.05, 4.69) is 46.5 Å². The number of aliphatic imine (C=N–C) groups is 1. The van der Waals surface area contributed by atoms with E-state index in [1.165, 1.54) is 16.8 Å². The first-order chi connectivity index (χ1) is 17.4. The average molecular weight is 487 g/mol. The minimum absolute atomic E-state index is 0.00695. The normalized spacial score (nSPS) is 19.0. The van der Waals surface area contributed by atoms with Gasteiger partial charge in [-0.2, -0.15) is 5.26 Å². The van der Waals surface area contributed by atoms with Crippen LogP contribution >= 0.6 is 0 Å². The molecule has 0 aromatic heterocycles. The highest BCUT2D eigenvalue weighted by Crippen LogP contribution is 2.49. The van der Waals surface area contributed by atoms with Gasteiger partial charge in [0.15, 0.2) is 5.84 Å². The summed E-state index contributed by atoms with van der Waals surface area (Å²) in [5.74, 6) is 1.04. The third-order valence-electron chi connectivity index (χ3n) is 6.95. The van der Waals surface area contributed by atoms with Crippen molar-refractivity contribution in [3.8, 4) is 11.8 Å². The molecule has 0 radical (unpaired) electrons. The number of oxime groups is 1. The second-order valence-corrected chi connectivity index (χ2v) is 9.72. The molecule has 36 heavy (non-hydrogen) atoms. The van der Waals surface area contributed by atoms with Crippen LogP contribution in [0.4, 0.5) is 0 Å². The van der Waals surface area contributed by atoms with E-state index in [-0.39, 0.29) is 18.1 Å². The summed E-state index contributed by atoms with van der Waals surface area (Å²) >= 11 is 0. The predicted molar refractivity (Wildman–Crippen MR) is 141 cm³/mol. The van der Waals surface area contributed by atoms with Crippen LogP contribution in [0.3, 0.4) is 0 Å². The van der Waals surface area contributed by atoms with Crippen LogP contribution in [-0.4, -0.2) is 50.4 Å². The van der Waals surface area contributed by atoms with Crippen molar-refractivity contribution in [2.24, 2.45) is 10.1 Å². The maximum absolute atomic E-state index is 9.47. The Hall–Kier alpha value is -3.63. The van der Waals surface area contributed by atoms with Gasteiger partial charge in [-0.3, -0.25) is 0 Å². The molecule has 1 unspecified atom stereocenters. The molecule has 1 spiro atoms. The minimum atomic E-state index is -0.00695. The molecule has 188 valence electrons. The van der Waals surface area contributed by atoms with Gasteiger partial charge >= 0.3 is 0 Å². The molecule has 0 saturated carbocycles. The number of nitrogens with zero attached hydrogens (tertiary/aromatic N) is 4. The van der Waals surface area contributed by atoms with Gasteiger partial charge in [-0.15, -0.1) is 0 Å². The summed E-state index contributed by atoms with van der Waals surface area (Å²) in [5, 5.41) is 13.8. The van der Waals surface area contributed by atoms with Gasteiger partial charge in [0.25, 0.3) is 0 Å². The van der Waals surface area contributed by atoms with E-state index in [0.29, 0.717) is 23.8 Å². The molecule has 0 amide bonds. The summed E-state index contributed by atoms with van der Waals surface area (Å²) < 4.78 is 11.0. The number of allylic oxidation sites excluding steroid dienone is 1. The lowest BCUT2D eigenvalue weighted by molar-refractivity contribution is 0.130. The first-order valence-corrected chi connectivity index (χ1v) is 12.3. The summed E-state index contributed by atoms with van der Waals surface area (Å²) in [7, 11) is 1.73. The lowest BCUT2D eigenvalue weighted by atomic mass is 9.80. The second kappa shape index (κ2) is 11.0. The Morgan fingerprint density at radius 2 is 2.11 bits per heavy atom. The molecule has 2 aromatic rings. The summed E-state index contributed by atoms with van der Waals surface area (Å²) in [6.45, 7) is 14.6. The van der Waals surface area contributed by atoms with Gasteiger partial charge in [-0.05, 0) is 68.7 Å². The molecule has 0 bridgehead atoms. The Morgan fingerprint density at radius 1 is 1.28 bits per heavy atom. The minimum Gasteiger partial charge on any atom is -0.490 e. The third kappa shape index (κ3) is 5.14. The molecule has 1 saturated heterocycles. The number of fused-ring (bicyclic) bond motifs is 2. The number of amidine groups is 1. The Labute approximate surface area is 213 Å². The lowest BCUT2D eigenvalue weighted by Crippen LogP contribution is -2.30. The maximum Gasteiger partial charge on any atom is 0.198 e. The van der Waals surface area contributed by atoms with Crippen LogP contribution in [0.15, 0.2) is 58.8 Å². The molecule has 1 aliphatic carbocycles. The van der Waals surface area contributed by atoms with E-state index >= 15 is 0 Å². The zero-order chi connectivity index (χ0) is 25.7. The van der Waals surface area contributed by atoms with Crippen LogP contribution < -0.4 is 4.74 Å². The lowest BCUT2D eigenvalue weighted by Gasteiger charge is -2.26. The summed E-state index contributed by atoms with van der Waals surface area (Å²) in [5.41, 5.74) is 6.10. The fourth-order valence-corrected chi connectivity index (χ4v) is 5.33. The van der Waals surface area contributed by atoms with E-state index in [0.717, 1.165) is 43.5 Å². The van der Waals surface area contributed by atoms with Crippen molar-refractivity contribution < 1.29 is 14.3 Å². The number of hydrogen-bond donors (Lipinski definition) is 0. The molecular weight excluding hydrogens is 452 g/mol. The van der Waals surface area contributed by atoms with Crippen LogP contribution in [0.25, 0.3) is 0 Å². The topological polar surface area (TPSA) is 79.4 Å². The summed E-state index contributed by atoms with van der Waals surface area (Å²) in [6.07, 6.45) is 2.96. The molecule has 1 fully saturated rings. The fourth-order valence-electron chi connectivity index (χ4n) is 5.33. The van der Waals surface area contributed by atoms with E-state index < -0.39 is 0 Å². The molecule has 4 rings (SSSR count). The Balaban J connectivity index is 1.51. The van der Waals surface area contributed by atoms with Gasteiger partial charge < -0.3 is 19.2 Å². The summed E-state index contributed by atoms with van der Waals surface area (Å²) in [4.78, 5) is 12.2. The first-order valence-electron chi connectivity index (χ1n) is 12.3. The first kappa shape index (κ1) is 25.5. The molecule has 2 aliphatic rings. The molecule has 0 N–H and O–H groups in total. The van der Waals surface area contributed by atoms with Gasteiger partial charge in [0.2, 0.25) is 0 Å². The average Bonchev–Trinajstić information content (AvgIpc) is 3.39. The van der Waals surface area contributed by atoms with Crippen LogP contribution in [0, 0.1) is 11.3 Å². The number of likely N-dealkylation sites (tertiary alicyclic amines) is 1. The number of benzene rings is 2. The quantitative estimate of drug-likeness (QED) is 0.284. The van der Waals surface area contributed by atoms with Crippen molar-refractivity contribution in [2.75, 3.05) is 26.8 Å². The molecule has 1 aliphatic heterocycles. The Kier molecular flexibility index (Phi) is 7.76. The number of methoxy groups -OCH3 is 1. The second-order valence-electron chi connectivity index (χ2n) is 9.72. The van der Waals surface area contributed by atoms with Crippen molar-refractivity contribution >= 4 is 12.6 Å². The monoisotopic (exact) mass is 486 g/mol. The van der Waals surface area contributed by atoms with Gasteiger partial charge in [-0.25, -0.2) is 4.99 Å². The van der Waals surface area contributed by atoms with Crippen LogP contribution in [0.2, 0.25) is 0 Å². The molecule has 7 heteroatoms. The van der Waals surface area contributed by atoms with Gasteiger partial charge in [-0.1, -0.05) is 36.0 Å². The maximum atomic E-state index is 9.47. The fraction of sp³-hybridized carbons (Fsp3) is 0.414. The Bertz CT molecular complexity index is 1210. The molecular formula is C29H34N4O3. The standard InChI is InChI=1S/C29H34N4O3/c1-20(2)36-27-10-9-22(15-23(27)17-30)18-35-32-28(31-4)25-7-6-8-26-24(25)11-12-29(26)16-21(3)33(19-29)13-14-34-5/h6-10,15,20H,3-4,11-14,16,18-19H2,1-2,5H3/b32-28-. The smallest absolute Gasteiger partial charge is 0.198 e. The van der Waals surface area contributed by atoms with Crippen molar-refractivity contribution in [2.45, 2.75) is 51.2 Å².